The van der Waals surface area contributed by atoms with Crippen LogP contribution in [0.5, 0.6) is 0 Å². The zero-order valence-corrected chi connectivity index (χ0v) is 20.3. The number of pyridine rings is 1. The van der Waals surface area contributed by atoms with E-state index in [-0.39, 0.29) is 29.7 Å². The van der Waals surface area contributed by atoms with Crippen LogP contribution in [0.15, 0.2) is 48.8 Å². The number of fused-ring (bicyclic) bond motifs is 1. The van der Waals surface area contributed by atoms with E-state index in [4.69, 9.17) is 10.7 Å². The van der Waals surface area contributed by atoms with Crippen LogP contribution in [-0.4, -0.2) is 58.9 Å². The van der Waals surface area contributed by atoms with Crippen molar-refractivity contribution < 1.29 is 24.9 Å². The van der Waals surface area contributed by atoms with Gasteiger partial charge in [-0.1, -0.05) is 18.2 Å². The minimum atomic E-state index is -1.11. The second kappa shape index (κ2) is 9.38. The zero-order chi connectivity index (χ0) is 26.3. The third-order valence-electron chi connectivity index (χ3n) is 7.14. The van der Waals surface area contributed by atoms with Gasteiger partial charge in [0.25, 0.3) is 0 Å². The maximum absolute atomic E-state index is 12.6. The zero-order valence-electron chi connectivity index (χ0n) is 20.3. The van der Waals surface area contributed by atoms with Crippen molar-refractivity contribution in [1.82, 2.24) is 19.6 Å². The van der Waals surface area contributed by atoms with Crippen molar-refractivity contribution >= 4 is 23.2 Å². The molecule has 0 saturated heterocycles. The van der Waals surface area contributed by atoms with Crippen LogP contribution in [0.2, 0.25) is 0 Å². The Morgan fingerprint density at radius 1 is 1.14 bits per heavy atom. The van der Waals surface area contributed by atoms with E-state index >= 15 is 0 Å². The number of aliphatic hydroxyl groups is 2. The molecule has 0 unspecified atom stereocenters. The number of benzene rings is 1. The lowest BCUT2D eigenvalue weighted by Gasteiger charge is -2.34. The number of aromatic carboxylic acids is 1. The van der Waals surface area contributed by atoms with Crippen LogP contribution in [0, 0.1) is 0 Å². The van der Waals surface area contributed by atoms with Gasteiger partial charge in [0.05, 0.1) is 40.9 Å². The van der Waals surface area contributed by atoms with Gasteiger partial charge < -0.3 is 21.1 Å². The number of hydrogen-bond donors (Lipinski definition) is 4. The first-order valence-electron chi connectivity index (χ1n) is 12.0. The molecule has 0 spiro atoms. The van der Waals surface area contributed by atoms with E-state index in [1.807, 2.05) is 6.07 Å². The van der Waals surface area contributed by atoms with Gasteiger partial charge >= 0.3 is 5.97 Å². The Labute approximate surface area is 212 Å². The number of nitrogens with two attached hydrogens (primary N) is 1. The molecule has 0 aliphatic heterocycles. The van der Waals surface area contributed by atoms with Crippen LogP contribution in [0.3, 0.4) is 0 Å². The van der Waals surface area contributed by atoms with E-state index < -0.39 is 11.6 Å². The van der Waals surface area contributed by atoms with Gasteiger partial charge in [0.15, 0.2) is 11.4 Å². The molecule has 10 heteroatoms. The summed E-state index contributed by atoms with van der Waals surface area (Å²) in [7, 11) is 0. The first-order chi connectivity index (χ1) is 17.7. The number of Topliss-reactive ketones (excluding diaryl/α,β-unsaturated/α-hetero) is 1. The second-order valence-corrected chi connectivity index (χ2v) is 9.58. The van der Waals surface area contributed by atoms with E-state index in [9.17, 15) is 24.9 Å². The third kappa shape index (κ3) is 4.45. The Bertz CT molecular complexity index is 1500. The number of aromatic nitrogens is 4. The fourth-order valence-electron chi connectivity index (χ4n) is 5.01. The molecule has 0 bridgehead atoms. The van der Waals surface area contributed by atoms with Crippen molar-refractivity contribution in [2.45, 2.75) is 44.1 Å². The minimum absolute atomic E-state index is 0.0946. The summed E-state index contributed by atoms with van der Waals surface area (Å²) in [6, 6.07) is 10.2. The molecule has 190 valence electrons. The number of carbonyl (C=O) groups is 2. The average molecular weight is 502 g/mol. The molecule has 0 radical (unpaired) electrons. The number of rotatable bonds is 6. The van der Waals surface area contributed by atoms with E-state index in [1.54, 1.807) is 36.7 Å². The van der Waals surface area contributed by atoms with Crippen molar-refractivity contribution in [2.24, 2.45) is 0 Å². The van der Waals surface area contributed by atoms with Gasteiger partial charge in [0.1, 0.15) is 5.82 Å². The standard InChI is InChI=1S/C27H27N5O5/c1-15(34)22-23(16-7-9-27(37,14-33)10-8-16)31-25-20(13-30-32(25)24(22)28)19-5-6-21(29-12-19)17-3-2-4-18(11-17)26(35)36/h2-6,11-13,16,33,37H,7-10,14,28H2,1H3,(H,35,36). The number of ketones is 1. The summed E-state index contributed by atoms with van der Waals surface area (Å²) in [5.74, 6) is -1.11. The highest BCUT2D eigenvalue weighted by atomic mass is 16.4. The van der Waals surface area contributed by atoms with Crippen LogP contribution in [-0.2, 0) is 0 Å². The number of aliphatic hydroxyl groups excluding tert-OH is 1. The highest BCUT2D eigenvalue weighted by Gasteiger charge is 2.36. The third-order valence-corrected chi connectivity index (χ3v) is 7.14. The topological polar surface area (TPSA) is 164 Å². The maximum Gasteiger partial charge on any atom is 0.335 e. The summed E-state index contributed by atoms with van der Waals surface area (Å²) < 4.78 is 1.45. The first-order valence-corrected chi connectivity index (χ1v) is 12.0. The van der Waals surface area contributed by atoms with Gasteiger partial charge in [0, 0.05) is 28.8 Å². The lowest BCUT2D eigenvalue weighted by atomic mass is 9.77. The summed E-state index contributed by atoms with van der Waals surface area (Å²) >= 11 is 0. The number of nitrogens with zero attached hydrogens (tertiary/aromatic N) is 4. The van der Waals surface area contributed by atoms with Crippen molar-refractivity contribution in [3.05, 3.63) is 65.6 Å². The molecule has 0 amide bonds. The largest absolute Gasteiger partial charge is 0.478 e. The molecule has 1 fully saturated rings. The van der Waals surface area contributed by atoms with E-state index in [1.165, 1.54) is 17.5 Å². The fraction of sp³-hybridized carbons (Fsp3) is 0.296. The van der Waals surface area contributed by atoms with E-state index in [2.05, 4.69) is 10.1 Å². The van der Waals surface area contributed by atoms with Crippen molar-refractivity contribution in [3.8, 4) is 22.4 Å². The normalized spacial score (nSPS) is 19.7. The summed E-state index contributed by atoms with van der Waals surface area (Å²) in [4.78, 5) is 33.3. The molecule has 37 heavy (non-hydrogen) atoms. The van der Waals surface area contributed by atoms with Crippen LogP contribution in [0.1, 0.15) is 64.9 Å². The maximum atomic E-state index is 12.6. The predicted molar refractivity (Wildman–Crippen MR) is 136 cm³/mol. The van der Waals surface area contributed by atoms with Gasteiger partial charge in [-0.05, 0) is 50.8 Å². The van der Waals surface area contributed by atoms with Gasteiger partial charge in [-0.25, -0.2) is 9.78 Å². The smallest absolute Gasteiger partial charge is 0.335 e. The number of hydrogen-bond acceptors (Lipinski definition) is 8. The molecule has 5 rings (SSSR count). The van der Waals surface area contributed by atoms with Gasteiger partial charge in [-0.2, -0.15) is 9.61 Å². The van der Waals surface area contributed by atoms with Crippen LogP contribution < -0.4 is 5.73 Å². The Morgan fingerprint density at radius 2 is 1.89 bits per heavy atom. The minimum Gasteiger partial charge on any atom is -0.478 e. The van der Waals surface area contributed by atoms with Gasteiger partial charge in [-0.3, -0.25) is 9.78 Å². The lowest BCUT2D eigenvalue weighted by molar-refractivity contribution is -0.0458. The van der Waals surface area contributed by atoms with Crippen molar-refractivity contribution in [2.75, 3.05) is 12.3 Å². The Kier molecular flexibility index (Phi) is 6.22. The molecule has 3 heterocycles. The van der Waals surface area contributed by atoms with Crippen LogP contribution in [0.25, 0.3) is 28.0 Å². The summed E-state index contributed by atoms with van der Waals surface area (Å²) in [5.41, 5.74) is 9.61. The number of nitrogen functional groups attached to an aromatic ring is 1. The highest BCUT2D eigenvalue weighted by Crippen LogP contribution is 2.40. The number of anilines is 1. The Hall–Kier alpha value is -4.15. The molecule has 1 aliphatic rings. The fourth-order valence-corrected chi connectivity index (χ4v) is 5.01. The van der Waals surface area contributed by atoms with Crippen LogP contribution in [0.4, 0.5) is 5.82 Å². The highest BCUT2D eigenvalue weighted by molar-refractivity contribution is 6.00. The predicted octanol–water partition coefficient (Wildman–Crippen LogP) is 3.32. The molecule has 3 aromatic heterocycles. The monoisotopic (exact) mass is 501 g/mol. The summed E-state index contributed by atoms with van der Waals surface area (Å²) in [6.45, 7) is 1.15. The Morgan fingerprint density at radius 3 is 2.51 bits per heavy atom. The SMILES string of the molecule is CC(=O)c1c(C2CCC(O)(CO)CC2)nc2c(-c3ccc(-c4cccc(C(=O)O)c4)nc3)cnn2c1N. The lowest BCUT2D eigenvalue weighted by Crippen LogP contribution is -2.37. The van der Waals surface area contributed by atoms with Gasteiger partial charge in [-0.15, -0.1) is 0 Å². The van der Waals surface area contributed by atoms with Gasteiger partial charge in [0.2, 0.25) is 0 Å². The van der Waals surface area contributed by atoms with E-state index in [0.717, 1.165) is 5.56 Å². The van der Waals surface area contributed by atoms with Crippen LogP contribution >= 0.6 is 0 Å². The number of carboxylic acid groups (broad SMARTS) is 1. The average Bonchev–Trinajstić information content (AvgIpc) is 3.33. The molecule has 0 atom stereocenters. The molecule has 4 aromatic rings. The molecule has 5 N–H and O–H groups in total. The number of carbonyl (C=O) groups excluding carboxylic acids is 1. The first kappa shape index (κ1) is 24.5. The molecule has 1 aliphatic carbocycles. The van der Waals surface area contributed by atoms with E-state index in [0.29, 0.717) is 59.4 Å². The Balaban J connectivity index is 1.55. The van der Waals surface area contributed by atoms with Crippen molar-refractivity contribution in [1.29, 1.82) is 0 Å². The molecular weight excluding hydrogens is 474 g/mol. The molecule has 1 saturated carbocycles. The van der Waals surface area contributed by atoms with Crippen molar-refractivity contribution in [3.63, 3.8) is 0 Å². The second-order valence-electron chi connectivity index (χ2n) is 9.58. The molecule has 10 nitrogen and oxygen atoms in total. The number of carboxylic acids is 1. The molecule has 1 aromatic carbocycles. The quantitative estimate of drug-likeness (QED) is 0.290. The summed E-state index contributed by atoms with van der Waals surface area (Å²) in [5, 5.41) is 33.6. The summed E-state index contributed by atoms with van der Waals surface area (Å²) in [6.07, 6.45) is 5.22. The molecular formula is C27H27N5O5.